The van der Waals surface area contributed by atoms with E-state index < -0.39 is 0 Å². The maximum Gasteiger partial charge on any atom is 0.128 e. The molecule has 0 fully saturated rings. The first-order valence-electron chi connectivity index (χ1n) is 7.95. The van der Waals surface area contributed by atoms with Gasteiger partial charge in [0.25, 0.3) is 0 Å². The molecule has 0 saturated carbocycles. The Morgan fingerprint density at radius 3 is 2.20 bits per heavy atom. The van der Waals surface area contributed by atoms with E-state index >= 15 is 0 Å². The first-order valence-corrected chi connectivity index (χ1v) is 7.95. The minimum absolute atomic E-state index is 0.188. The molecule has 0 amide bonds. The third kappa shape index (κ3) is 5.12. The second kappa shape index (κ2) is 8.25. The van der Waals surface area contributed by atoms with Crippen LogP contribution in [-0.4, -0.2) is 23.6 Å². The quantitative estimate of drug-likeness (QED) is 0.789. The molecular weight excluding hydrogens is 246 g/mol. The van der Waals surface area contributed by atoms with Gasteiger partial charge in [0.05, 0.1) is 0 Å². The van der Waals surface area contributed by atoms with Crippen molar-refractivity contribution in [3.63, 3.8) is 0 Å². The van der Waals surface area contributed by atoms with Crippen molar-refractivity contribution in [3.05, 3.63) is 23.9 Å². The van der Waals surface area contributed by atoms with Crippen molar-refractivity contribution >= 4 is 5.82 Å². The van der Waals surface area contributed by atoms with Gasteiger partial charge in [0, 0.05) is 24.8 Å². The predicted octanol–water partition coefficient (Wildman–Crippen LogP) is 3.62. The lowest BCUT2D eigenvalue weighted by Crippen LogP contribution is -2.38. The van der Waals surface area contributed by atoms with Crippen LogP contribution >= 0.6 is 0 Å². The van der Waals surface area contributed by atoms with Gasteiger partial charge >= 0.3 is 0 Å². The number of nitrogens with two attached hydrogens (primary N) is 1. The normalized spacial score (nSPS) is 13.0. The number of hydrogen-bond acceptors (Lipinski definition) is 3. The summed E-state index contributed by atoms with van der Waals surface area (Å²) in [7, 11) is 0. The maximum atomic E-state index is 5.84. The monoisotopic (exact) mass is 277 g/mol. The van der Waals surface area contributed by atoms with Crippen molar-refractivity contribution in [1.29, 1.82) is 0 Å². The first-order chi connectivity index (χ1) is 9.47. The highest BCUT2D eigenvalue weighted by atomic mass is 15.2. The number of hydrogen-bond donors (Lipinski definition) is 1. The van der Waals surface area contributed by atoms with E-state index in [0.717, 1.165) is 31.6 Å². The molecule has 1 heterocycles. The molecule has 0 aliphatic heterocycles. The van der Waals surface area contributed by atoms with E-state index in [0.29, 0.717) is 12.0 Å². The summed E-state index contributed by atoms with van der Waals surface area (Å²) in [5.41, 5.74) is 7.06. The van der Waals surface area contributed by atoms with E-state index in [1.165, 1.54) is 5.56 Å². The van der Waals surface area contributed by atoms with Crippen molar-refractivity contribution in [2.75, 3.05) is 11.4 Å². The first kappa shape index (κ1) is 17.0. The molecule has 3 nitrogen and oxygen atoms in total. The van der Waals surface area contributed by atoms with Gasteiger partial charge < -0.3 is 10.6 Å². The van der Waals surface area contributed by atoms with E-state index in [1.54, 1.807) is 0 Å². The van der Waals surface area contributed by atoms with Crippen LogP contribution in [0.5, 0.6) is 0 Å². The fourth-order valence-corrected chi connectivity index (χ4v) is 2.63. The van der Waals surface area contributed by atoms with E-state index in [9.17, 15) is 0 Å². The van der Waals surface area contributed by atoms with Crippen LogP contribution < -0.4 is 10.6 Å². The van der Waals surface area contributed by atoms with Crippen molar-refractivity contribution in [2.24, 2.45) is 11.7 Å². The molecule has 1 rings (SSSR count). The third-order valence-corrected chi connectivity index (χ3v) is 3.61. The van der Waals surface area contributed by atoms with Crippen molar-refractivity contribution < 1.29 is 0 Å². The van der Waals surface area contributed by atoms with Crippen molar-refractivity contribution in [2.45, 2.75) is 66.0 Å². The Hall–Kier alpha value is -1.09. The molecule has 0 aromatic carbocycles. The molecule has 0 radical (unpaired) electrons. The number of anilines is 1. The van der Waals surface area contributed by atoms with Crippen LogP contribution in [0.15, 0.2) is 18.3 Å². The SMILES string of the molecule is CCC(CC)N(CC(C)C)c1ccc(CC(C)N)cn1. The fourth-order valence-electron chi connectivity index (χ4n) is 2.63. The Labute approximate surface area is 124 Å². The number of nitrogens with zero attached hydrogens (tertiary/aromatic N) is 2. The van der Waals surface area contributed by atoms with Crippen LogP contribution in [0.3, 0.4) is 0 Å². The zero-order valence-electron chi connectivity index (χ0n) is 13.8. The predicted molar refractivity (Wildman–Crippen MR) is 88.1 cm³/mol. The average molecular weight is 277 g/mol. The highest BCUT2D eigenvalue weighted by molar-refractivity contribution is 5.40. The summed E-state index contributed by atoms with van der Waals surface area (Å²) in [5, 5.41) is 0. The molecule has 1 atom stereocenters. The molecule has 1 aromatic rings. The second-order valence-electron chi connectivity index (χ2n) is 6.22. The Morgan fingerprint density at radius 2 is 1.80 bits per heavy atom. The number of aromatic nitrogens is 1. The van der Waals surface area contributed by atoms with E-state index in [2.05, 4.69) is 49.7 Å². The highest BCUT2D eigenvalue weighted by Crippen LogP contribution is 2.20. The standard InChI is InChI=1S/C17H31N3/c1-6-16(7-2)20(12-13(3)4)17-9-8-15(11-19-17)10-14(5)18/h8-9,11,13-14,16H,6-7,10,12,18H2,1-5H3. The lowest BCUT2D eigenvalue weighted by Gasteiger charge is -2.33. The lowest BCUT2D eigenvalue weighted by atomic mass is 10.1. The summed E-state index contributed by atoms with van der Waals surface area (Å²) in [4.78, 5) is 7.13. The maximum absolute atomic E-state index is 5.84. The fraction of sp³-hybridized carbons (Fsp3) is 0.706. The Morgan fingerprint density at radius 1 is 1.15 bits per heavy atom. The summed E-state index contributed by atoms with van der Waals surface area (Å²) in [5.74, 6) is 1.74. The van der Waals surface area contributed by atoms with Gasteiger partial charge in [-0.1, -0.05) is 33.8 Å². The minimum atomic E-state index is 0.188. The van der Waals surface area contributed by atoms with E-state index in [4.69, 9.17) is 5.73 Å². The molecule has 20 heavy (non-hydrogen) atoms. The Balaban J connectivity index is 2.89. The highest BCUT2D eigenvalue weighted by Gasteiger charge is 2.17. The zero-order valence-corrected chi connectivity index (χ0v) is 13.8. The molecule has 3 heteroatoms. The lowest BCUT2D eigenvalue weighted by molar-refractivity contribution is 0.503. The summed E-state index contributed by atoms with van der Waals surface area (Å²) >= 11 is 0. The number of pyridine rings is 1. The Bertz CT molecular complexity index is 366. The summed E-state index contributed by atoms with van der Waals surface area (Å²) in [6.45, 7) is 12.1. The van der Waals surface area contributed by atoms with Gasteiger partial charge in [-0.05, 0) is 43.7 Å². The molecule has 1 unspecified atom stereocenters. The van der Waals surface area contributed by atoms with Gasteiger partial charge in [0.15, 0.2) is 0 Å². The molecule has 0 aliphatic carbocycles. The van der Waals surface area contributed by atoms with E-state index in [1.807, 2.05) is 13.1 Å². The van der Waals surface area contributed by atoms with E-state index in [-0.39, 0.29) is 6.04 Å². The largest absolute Gasteiger partial charge is 0.353 e. The van der Waals surface area contributed by atoms with Gasteiger partial charge in [-0.15, -0.1) is 0 Å². The molecule has 0 spiro atoms. The third-order valence-electron chi connectivity index (χ3n) is 3.61. The van der Waals surface area contributed by atoms with Gasteiger partial charge in [-0.3, -0.25) is 0 Å². The molecule has 0 bridgehead atoms. The van der Waals surface area contributed by atoms with Gasteiger partial charge in [-0.25, -0.2) is 4.98 Å². The van der Waals surface area contributed by atoms with Crippen LogP contribution in [0.25, 0.3) is 0 Å². The molecule has 1 aromatic heterocycles. The molecule has 0 saturated heterocycles. The smallest absolute Gasteiger partial charge is 0.128 e. The zero-order chi connectivity index (χ0) is 15.1. The molecule has 0 aliphatic rings. The van der Waals surface area contributed by atoms with Crippen LogP contribution in [0.2, 0.25) is 0 Å². The molecule has 2 N–H and O–H groups in total. The average Bonchev–Trinajstić information content (AvgIpc) is 2.39. The molecular formula is C17H31N3. The van der Waals surface area contributed by atoms with Crippen molar-refractivity contribution in [1.82, 2.24) is 4.98 Å². The summed E-state index contributed by atoms with van der Waals surface area (Å²) < 4.78 is 0. The van der Waals surface area contributed by atoms with Crippen LogP contribution in [0.4, 0.5) is 5.82 Å². The van der Waals surface area contributed by atoms with Crippen LogP contribution in [0, 0.1) is 5.92 Å². The second-order valence-corrected chi connectivity index (χ2v) is 6.22. The topological polar surface area (TPSA) is 42.1 Å². The van der Waals surface area contributed by atoms with Gasteiger partial charge in [0.1, 0.15) is 5.82 Å². The molecule has 114 valence electrons. The Kier molecular flexibility index (Phi) is 7.00. The summed E-state index contributed by atoms with van der Waals surface area (Å²) in [6, 6.07) is 5.08. The van der Waals surface area contributed by atoms with Gasteiger partial charge in [0.2, 0.25) is 0 Å². The minimum Gasteiger partial charge on any atom is -0.353 e. The number of rotatable bonds is 8. The van der Waals surface area contributed by atoms with Crippen molar-refractivity contribution in [3.8, 4) is 0 Å². The van der Waals surface area contributed by atoms with Crippen LogP contribution in [-0.2, 0) is 6.42 Å². The van der Waals surface area contributed by atoms with Gasteiger partial charge in [-0.2, -0.15) is 0 Å². The van der Waals surface area contributed by atoms with Crippen LogP contribution in [0.1, 0.15) is 53.0 Å². The summed E-state index contributed by atoms with van der Waals surface area (Å²) in [6.07, 6.45) is 5.19.